The van der Waals surface area contributed by atoms with E-state index in [4.69, 9.17) is 10.2 Å². The van der Waals surface area contributed by atoms with Gasteiger partial charge in [0, 0.05) is 11.4 Å². The number of rotatable bonds is 4. The zero-order valence-corrected chi connectivity index (χ0v) is 10.8. The molecule has 1 heterocycles. The third-order valence-electron chi connectivity index (χ3n) is 2.37. The van der Waals surface area contributed by atoms with Crippen molar-refractivity contribution in [1.82, 2.24) is 10.3 Å². The van der Waals surface area contributed by atoms with Crippen LogP contribution in [0, 0.1) is 5.82 Å². The summed E-state index contributed by atoms with van der Waals surface area (Å²) in [6, 6.07) is 3.19. The number of hydrogen-bond donors (Lipinski definition) is 3. The highest BCUT2D eigenvalue weighted by molar-refractivity contribution is 7.09. The summed E-state index contributed by atoms with van der Waals surface area (Å²) in [5.74, 6) is -2.93. The van der Waals surface area contributed by atoms with E-state index in [9.17, 15) is 14.0 Å². The number of amides is 1. The first-order valence-electron chi connectivity index (χ1n) is 5.42. The van der Waals surface area contributed by atoms with Gasteiger partial charge in [-0.3, -0.25) is 4.79 Å². The number of aromatic hydroxyl groups is 1. The Morgan fingerprint density at radius 2 is 2.15 bits per heavy atom. The molecule has 0 saturated carbocycles. The molecule has 0 aliphatic rings. The van der Waals surface area contributed by atoms with Gasteiger partial charge in [0.25, 0.3) is 5.91 Å². The van der Waals surface area contributed by atoms with Gasteiger partial charge < -0.3 is 15.5 Å². The van der Waals surface area contributed by atoms with Crippen LogP contribution in [0.5, 0.6) is 5.75 Å². The molecule has 6 nitrogen and oxygen atoms in total. The maximum Gasteiger partial charge on any atom is 0.355 e. The molecule has 1 aromatic carbocycles. The molecule has 8 heteroatoms. The van der Waals surface area contributed by atoms with Crippen molar-refractivity contribution in [2.24, 2.45) is 0 Å². The smallest absolute Gasteiger partial charge is 0.355 e. The number of hydrogen-bond acceptors (Lipinski definition) is 5. The SMILES string of the molecule is O=C(O)c1csc(CNC(=O)c2ccc(O)cc2F)n1. The number of carboxylic acid groups (broad SMARTS) is 1. The number of carbonyl (C=O) groups is 2. The number of halogens is 1. The predicted molar refractivity (Wildman–Crippen MR) is 68.3 cm³/mol. The van der Waals surface area contributed by atoms with E-state index >= 15 is 0 Å². The number of phenols is 1. The summed E-state index contributed by atoms with van der Waals surface area (Å²) in [5, 5.41) is 21.9. The Bertz CT molecular complexity index is 671. The van der Waals surface area contributed by atoms with E-state index in [-0.39, 0.29) is 23.6 Å². The maximum atomic E-state index is 13.4. The molecular formula is C12H9FN2O4S. The molecule has 0 unspecified atom stereocenters. The molecule has 104 valence electrons. The minimum atomic E-state index is -1.15. The van der Waals surface area contributed by atoms with Crippen molar-refractivity contribution in [2.45, 2.75) is 6.54 Å². The number of carbonyl (C=O) groups excluding carboxylic acids is 1. The van der Waals surface area contributed by atoms with Gasteiger partial charge in [-0.25, -0.2) is 14.2 Å². The maximum absolute atomic E-state index is 13.4. The molecule has 0 fully saturated rings. The molecule has 2 rings (SSSR count). The minimum absolute atomic E-state index is 0.00288. The average molecular weight is 296 g/mol. The van der Waals surface area contributed by atoms with Crippen LogP contribution >= 0.6 is 11.3 Å². The molecule has 0 aliphatic carbocycles. The number of thiazole rings is 1. The standard InChI is InChI=1S/C12H9FN2O4S/c13-8-3-6(16)1-2-7(8)11(17)14-4-10-15-9(5-20-10)12(18)19/h1-3,5,16H,4H2,(H,14,17)(H,18,19). The van der Waals surface area contributed by atoms with Crippen LogP contribution in [0.15, 0.2) is 23.6 Å². The summed E-state index contributed by atoms with van der Waals surface area (Å²) in [7, 11) is 0. The fraction of sp³-hybridized carbons (Fsp3) is 0.0833. The van der Waals surface area contributed by atoms with Crippen LogP contribution in [0.1, 0.15) is 25.9 Å². The summed E-state index contributed by atoms with van der Waals surface area (Å²) in [4.78, 5) is 26.1. The van der Waals surface area contributed by atoms with Crippen molar-refractivity contribution in [3.05, 3.63) is 45.7 Å². The van der Waals surface area contributed by atoms with Crippen LogP contribution in [0.4, 0.5) is 4.39 Å². The number of aromatic carboxylic acids is 1. The number of aromatic nitrogens is 1. The quantitative estimate of drug-likeness (QED) is 0.796. The summed E-state index contributed by atoms with van der Waals surface area (Å²) in [6.45, 7) is -0.00288. The van der Waals surface area contributed by atoms with Gasteiger partial charge in [0.05, 0.1) is 12.1 Å². The van der Waals surface area contributed by atoms with Crippen LogP contribution in [0.25, 0.3) is 0 Å². The Morgan fingerprint density at radius 3 is 2.75 bits per heavy atom. The molecule has 0 radical (unpaired) electrons. The summed E-state index contributed by atoms with van der Waals surface area (Å²) in [6.07, 6.45) is 0. The molecular weight excluding hydrogens is 287 g/mol. The van der Waals surface area contributed by atoms with Gasteiger partial charge >= 0.3 is 5.97 Å². The second kappa shape index (κ2) is 5.66. The Balaban J connectivity index is 2.02. The van der Waals surface area contributed by atoms with E-state index in [0.29, 0.717) is 5.01 Å². The second-order valence-electron chi connectivity index (χ2n) is 3.78. The van der Waals surface area contributed by atoms with E-state index in [0.717, 1.165) is 23.5 Å². The fourth-order valence-electron chi connectivity index (χ4n) is 1.43. The summed E-state index contributed by atoms with van der Waals surface area (Å²) >= 11 is 1.08. The molecule has 0 aliphatic heterocycles. The number of carboxylic acids is 1. The molecule has 20 heavy (non-hydrogen) atoms. The zero-order chi connectivity index (χ0) is 14.7. The van der Waals surface area contributed by atoms with Crippen LogP contribution in [-0.4, -0.2) is 27.1 Å². The van der Waals surface area contributed by atoms with Crippen molar-refractivity contribution in [1.29, 1.82) is 0 Å². The van der Waals surface area contributed by atoms with Crippen molar-refractivity contribution >= 4 is 23.2 Å². The van der Waals surface area contributed by atoms with E-state index in [1.54, 1.807) is 0 Å². The lowest BCUT2D eigenvalue weighted by molar-refractivity contribution is 0.0691. The van der Waals surface area contributed by atoms with E-state index in [2.05, 4.69) is 10.3 Å². The zero-order valence-electron chi connectivity index (χ0n) is 9.96. The van der Waals surface area contributed by atoms with E-state index in [1.807, 2.05) is 0 Å². The summed E-state index contributed by atoms with van der Waals surface area (Å²) in [5.41, 5.74) is -0.312. The minimum Gasteiger partial charge on any atom is -0.508 e. The number of benzene rings is 1. The Morgan fingerprint density at radius 1 is 1.40 bits per heavy atom. The van der Waals surface area contributed by atoms with Gasteiger partial charge in [-0.15, -0.1) is 11.3 Å². The first-order chi connectivity index (χ1) is 9.47. The van der Waals surface area contributed by atoms with Crippen LogP contribution in [0.3, 0.4) is 0 Å². The average Bonchev–Trinajstić information content (AvgIpc) is 2.85. The molecule has 0 atom stereocenters. The van der Waals surface area contributed by atoms with Crippen molar-refractivity contribution in [3.8, 4) is 5.75 Å². The van der Waals surface area contributed by atoms with Crippen molar-refractivity contribution < 1.29 is 24.2 Å². The highest BCUT2D eigenvalue weighted by Gasteiger charge is 2.13. The van der Waals surface area contributed by atoms with Gasteiger partial charge in [-0.2, -0.15) is 0 Å². The van der Waals surface area contributed by atoms with Gasteiger partial charge in [-0.05, 0) is 12.1 Å². The van der Waals surface area contributed by atoms with Gasteiger partial charge in [0.1, 0.15) is 16.6 Å². The lowest BCUT2D eigenvalue weighted by Gasteiger charge is -2.04. The molecule has 2 aromatic rings. The van der Waals surface area contributed by atoms with Crippen LogP contribution in [0.2, 0.25) is 0 Å². The van der Waals surface area contributed by atoms with Crippen LogP contribution in [-0.2, 0) is 6.54 Å². The van der Waals surface area contributed by atoms with Crippen molar-refractivity contribution in [2.75, 3.05) is 0 Å². The van der Waals surface area contributed by atoms with Gasteiger partial charge in [-0.1, -0.05) is 0 Å². The predicted octanol–water partition coefficient (Wildman–Crippen LogP) is 1.62. The molecule has 1 aromatic heterocycles. The van der Waals surface area contributed by atoms with Crippen LogP contribution < -0.4 is 5.32 Å². The lowest BCUT2D eigenvalue weighted by Crippen LogP contribution is -2.23. The first-order valence-corrected chi connectivity index (χ1v) is 6.29. The number of nitrogens with one attached hydrogen (secondary N) is 1. The van der Waals surface area contributed by atoms with E-state index in [1.165, 1.54) is 11.4 Å². The van der Waals surface area contributed by atoms with Gasteiger partial charge in [0.15, 0.2) is 5.69 Å². The molecule has 0 saturated heterocycles. The third-order valence-corrected chi connectivity index (χ3v) is 3.22. The van der Waals surface area contributed by atoms with Gasteiger partial charge in [0.2, 0.25) is 0 Å². The molecule has 0 spiro atoms. The monoisotopic (exact) mass is 296 g/mol. The number of phenolic OH excluding ortho intramolecular Hbond substituents is 1. The molecule has 1 amide bonds. The largest absolute Gasteiger partial charge is 0.508 e. The lowest BCUT2D eigenvalue weighted by atomic mass is 10.2. The summed E-state index contributed by atoms with van der Waals surface area (Å²) < 4.78 is 13.4. The topological polar surface area (TPSA) is 99.5 Å². The van der Waals surface area contributed by atoms with E-state index < -0.39 is 17.7 Å². The second-order valence-corrected chi connectivity index (χ2v) is 4.72. The molecule has 0 bridgehead atoms. The Labute approximate surface area is 116 Å². The highest BCUT2D eigenvalue weighted by atomic mass is 32.1. The number of nitrogens with zero attached hydrogens (tertiary/aromatic N) is 1. The normalized spacial score (nSPS) is 10.2. The Hall–Kier alpha value is -2.48. The first kappa shape index (κ1) is 13.9. The third kappa shape index (κ3) is 3.09. The molecule has 3 N–H and O–H groups in total. The fourth-order valence-corrected chi connectivity index (χ4v) is 2.14. The Kier molecular flexibility index (Phi) is 3.94. The van der Waals surface area contributed by atoms with Crippen molar-refractivity contribution in [3.63, 3.8) is 0 Å². The highest BCUT2D eigenvalue weighted by Crippen LogP contribution is 2.15.